The fourth-order valence-corrected chi connectivity index (χ4v) is 3.24. The number of hydrogen-bond donors (Lipinski definition) is 1. The highest BCUT2D eigenvalue weighted by Gasteiger charge is 2.15. The van der Waals surface area contributed by atoms with Gasteiger partial charge in [0.15, 0.2) is 5.82 Å². The molecule has 1 aromatic heterocycles. The van der Waals surface area contributed by atoms with Gasteiger partial charge in [0.2, 0.25) is 0 Å². The van der Waals surface area contributed by atoms with Crippen molar-refractivity contribution in [2.45, 2.75) is 19.8 Å². The van der Waals surface area contributed by atoms with Gasteiger partial charge in [-0.05, 0) is 67.8 Å². The van der Waals surface area contributed by atoms with Crippen LogP contribution in [-0.4, -0.2) is 29.6 Å². The quantitative estimate of drug-likeness (QED) is 0.782. The van der Waals surface area contributed by atoms with E-state index in [1.807, 2.05) is 18.2 Å². The zero-order valence-corrected chi connectivity index (χ0v) is 14.8. The molecule has 2 aromatic carbocycles. The Labute approximate surface area is 151 Å². The molecule has 6 heteroatoms. The first-order chi connectivity index (χ1) is 12.6. The molecule has 0 saturated carbocycles. The number of benzene rings is 2. The van der Waals surface area contributed by atoms with Gasteiger partial charge in [-0.3, -0.25) is 4.79 Å². The minimum absolute atomic E-state index is 0.137. The molecule has 1 aliphatic rings. The van der Waals surface area contributed by atoms with Crippen LogP contribution in [0, 0.1) is 6.92 Å². The molecule has 3 aromatic rings. The Bertz CT molecular complexity index is 947. The van der Waals surface area contributed by atoms with Crippen LogP contribution in [0.5, 0.6) is 0 Å². The Morgan fingerprint density at radius 2 is 2.00 bits per heavy atom. The zero-order chi connectivity index (χ0) is 18.1. The highest BCUT2D eigenvalue weighted by molar-refractivity contribution is 6.04. The van der Waals surface area contributed by atoms with Gasteiger partial charge in [-0.1, -0.05) is 5.16 Å². The number of rotatable bonds is 3. The summed E-state index contributed by atoms with van der Waals surface area (Å²) in [5.74, 6) is 0.899. The fourth-order valence-electron chi connectivity index (χ4n) is 3.24. The molecule has 0 saturated heterocycles. The fraction of sp³-hybridized carbons (Fsp3) is 0.250. The maximum absolute atomic E-state index is 12.5. The first-order valence-electron chi connectivity index (χ1n) is 8.66. The van der Waals surface area contributed by atoms with Crippen molar-refractivity contribution < 1.29 is 9.32 Å². The summed E-state index contributed by atoms with van der Waals surface area (Å²) in [4.78, 5) is 19.0. The Kier molecular flexibility index (Phi) is 4.16. The van der Waals surface area contributed by atoms with Crippen LogP contribution in [0.4, 0.5) is 11.4 Å². The van der Waals surface area contributed by atoms with Gasteiger partial charge >= 0.3 is 0 Å². The van der Waals surface area contributed by atoms with E-state index in [-0.39, 0.29) is 5.91 Å². The largest absolute Gasteiger partial charge is 0.374 e. The predicted octanol–water partition coefficient (Wildman–Crippen LogP) is 3.68. The molecular formula is C20H20N4O2. The van der Waals surface area contributed by atoms with E-state index >= 15 is 0 Å². The maximum atomic E-state index is 12.5. The van der Waals surface area contributed by atoms with E-state index in [0.717, 1.165) is 30.6 Å². The van der Waals surface area contributed by atoms with Crippen LogP contribution in [0.1, 0.15) is 28.2 Å². The summed E-state index contributed by atoms with van der Waals surface area (Å²) < 4.78 is 5.14. The third-order valence-corrected chi connectivity index (χ3v) is 4.61. The second-order valence-corrected chi connectivity index (χ2v) is 6.55. The van der Waals surface area contributed by atoms with E-state index < -0.39 is 0 Å². The van der Waals surface area contributed by atoms with Crippen molar-refractivity contribution in [1.29, 1.82) is 0 Å². The van der Waals surface area contributed by atoms with Gasteiger partial charge in [-0.25, -0.2) is 0 Å². The molecule has 0 bridgehead atoms. The molecule has 4 rings (SSSR count). The number of amides is 1. The maximum Gasteiger partial charge on any atom is 0.257 e. The molecular weight excluding hydrogens is 328 g/mol. The van der Waals surface area contributed by atoms with E-state index in [1.165, 1.54) is 11.3 Å². The van der Waals surface area contributed by atoms with Crippen molar-refractivity contribution in [2.75, 3.05) is 23.8 Å². The highest BCUT2D eigenvalue weighted by atomic mass is 16.5. The van der Waals surface area contributed by atoms with Crippen molar-refractivity contribution in [1.82, 2.24) is 10.1 Å². The van der Waals surface area contributed by atoms with Crippen LogP contribution < -0.4 is 10.2 Å². The lowest BCUT2D eigenvalue weighted by Gasteiger charge is -2.27. The first-order valence-corrected chi connectivity index (χ1v) is 8.66. The molecule has 0 aliphatic carbocycles. The normalized spacial score (nSPS) is 13.4. The van der Waals surface area contributed by atoms with Crippen molar-refractivity contribution in [2.24, 2.45) is 0 Å². The number of nitrogens with zero attached hydrogens (tertiary/aromatic N) is 3. The summed E-state index contributed by atoms with van der Waals surface area (Å²) in [6.07, 6.45) is 2.18. The number of anilines is 2. The van der Waals surface area contributed by atoms with Crippen LogP contribution in [0.3, 0.4) is 0 Å². The number of fused-ring (bicyclic) bond motifs is 1. The van der Waals surface area contributed by atoms with E-state index in [2.05, 4.69) is 39.5 Å². The molecule has 0 unspecified atom stereocenters. The Balaban J connectivity index is 1.50. The van der Waals surface area contributed by atoms with Crippen LogP contribution in [-0.2, 0) is 6.42 Å². The van der Waals surface area contributed by atoms with Crippen molar-refractivity contribution in [3.8, 4) is 11.5 Å². The van der Waals surface area contributed by atoms with Gasteiger partial charge in [-0.15, -0.1) is 0 Å². The van der Waals surface area contributed by atoms with Crippen LogP contribution in [0.25, 0.3) is 11.5 Å². The number of carbonyl (C=O) groups excluding carboxylic acids is 1. The number of nitrogens with one attached hydrogen (secondary N) is 1. The smallest absolute Gasteiger partial charge is 0.257 e. The van der Waals surface area contributed by atoms with Crippen LogP contribution in [0.2, 0.25) is 0 Å². The van der Waals surface area contributed by atoms with Gasteiger partial charge in [0.05, 0.1) is 0 Å². The number of aromatic nitrogens is 2. The number of hydrogen-bond acceptors (Lipinski definition) is 5. The minimum Gasteiger partial charge on any atom is -0.374 e. The minimum atomic E-state index is -0.137. The van der Waals surface area contributed by atoms with Gasteiger partial charge in [0, 0.05) is 36.1 Å². The van der Waals surface area contributed by atoms with Gasteiger partial charge in [0.1, 0.15) is 0 Å². The molecule has 6 nitrogen and oxygen atoms in total. The van der Waals surface area contributed by atoms with E-state index in [0.29, 0.717) is 17.3 Å². The van der Waals surface area contributed by atoms with Crippen molar-refractivity contribution in [3.05, 3.63) is 59.4 Å². The second kappa shape index (κ2) is 6.63. The number of aryl methyl sites for hydroxylation is 2. The Hall–Kier alpha value is -3.15. The molecule has 0 fully saturated rings. The van der Waals surface area contributed by atoms with Crippen molar-refractivity contribution in [3.63, 3.8) is 0 Å². The Morgan fingerprint density at radius 3 is 2.73 bits per heavy atom. The highest BCUT2D eigenvalue weighted by Crippen LogP contribution is 2.28. The third kappa shape index (κ3) is 3.18. The van der Waals surface area contributed by atoms with Gasteiger partial charge < -0.3 is 14.7 Å². The summed E-state index contributed by atoms with van der Waals surface area (Å²) in [5.41, 5.74) is 4.71. The topological polar surface area (TPSA) is 71.3 Å². The predicted molar refractivity (Wildman–Crippen MR) is 100 cm³/mol. The summed E-state index contributed by atoms with van der Waals surface area (Å²) >= 11 is 0. The summed E-state index contributed by atoms with van der Waals surface area (Å²) in [5, 5.41) is 6.76. The first kappa shape index (κ1) is 16.3. The molecule has 0 spiro atoms. The molecule has 1 aliphatic heterocycles. The molecule has 0 radical (unpaired) electrons. The van der Waals surface area contributed by atoms with E-state index in [1.54, 1.807) is 19.1 Å². The van der Waals surface area contributed by atoms with E-state index in [9.17, 15) is 4.79 Å². The van der Waals surface area contributed by atoms with Gasteiger partial charge in [0.25, 0.3) is 11.8 Å². The Morgan fingerprint density at radius 1 is 1.19 bits per heavy atom. The van der Waals surface area contributed by atoms with Crippen molar-refractivity contribution >= 4 is 17.3 Å². The lowest BCUT2D eigenvalue weighted by molar-refractivity contribution is 0.102. The van der Waals surface area contributed by atoms with Crippen LogP contribution in [0.15, 0.2) is 47.0 Å². The standard InChI is InChI=1S/C20H20N4O2/c1-13-21-20(26-23-13)15-7-5-14(6-8-15)19(25)22-17-9-10-18-16(12-17)4-3-11-24(18)2/h5-10,12H,3-4,11H2,1-2H3,(H,22,25). The monoisotopic (exact) mass is 348 g/mol. The molecule has 26 heavy (non-hydrogen) atoms. The lowest BCUT2D eigenvalue weighted by Crippen LogP contribution is -2.24. The summed E-state index contributed by atoms with van der Waals surface area (Å²) in [6, 6.07) is 13.2. The third-order valence-electron chi connectivity index (χ3n) is 4.61. The molecule has 1 N–H and O–H groups in total. The average molecular weight is 348 g/mol. The van der Waals surface area contributed by atoms with Gasteiger partial charge in [-0.2, -0.15) is 4.98 Å². The lowest BCUT2D eigenvalue weighted by atomic mass is 10.0. The van der Waals surface area contributed by atoms with Crippen LogP contribution >= 0.6 is 0 Å². The van der Waals surface area contributed by atoms with E-state index in [4.69, 9.17) is 4.52 Å². The zero-order valence-electron chi connectivity index (χ0n) is 14.8. The molecule has 2 heterocycles. The molecule has 1 amide bonds. The summed E-state index contributed by atoms with van der Waals surface area (Å²) in [7, 11) is 2.10. The second-order valence-electron chi connectivity index (χ2n) is 6.55. The summed E-state index contributed by atoms with van der Waals surface area (Å²) in [6.45, 7) is 2.84. The molecule has 0 atom stereocenters. The SMILES string of the molecule is Cc1noc(-c2ccc(C(=O)Nc3ccc4c(c3)CCCN4C)cc2)n1. The average Bonchev–Trinajstić information content (AvgIpc) is 3.08. The molecule has 132 valence electrons. The number of carbonyl (C=O) groups is 1.